The zero-order valence-corrected chi connectivity index (χ0v) is 8.95. The van der Waals surface area contributed by atoms with Gasteiger partial charge in [0.05, 0.1) is 5.69 Å². The van der Waals surface area contributed by atoms with Crippen LogP contribution in [0.1, 0.15) is 29.5 Å². The normalized spacial score (nSPS) is 27.1. The van der Waals surface area contributed by atoms with Crippen LogP contribution in [-0.2, 0) is 11.8 Å². The topological polar surface area (TPSA) is 53.1 Å². The lowest BCUT2D eigenvalue weighted by molar-refractivity contribution is 0.104. The number of rotatable bonds is 1. The summed E-state index contributed by atoms with van der Waals surface area (Å²) in [5, 5.41) is 4.37. The summed E-state index contributed by atoms with van der Waals surface area (Å²) in [5.74, 6) is 0. The van der Waals surface area contributed by atoms with Crippen molar-refractivity contribution in [1.29, 1.82) is 0 Å². The summed E-state index contributed by atoms with van der Waals surface area (Å²) in [7, 11) is 1.95. The standard InChI is InChI=1S/C10H17N3O/c1-6-9(7(2)13(3)12-6)10-8(11)4-5-14-10/h8,10H,4-5,11H2,1-3H3. The van der Waals surface area contributed by atoms with Gasteiger partial charge in [0.2, 0.25) is 0 Å². The Morgan fingerprint density at radius 2 is 2.21 bits per heavy atom. The Kier molecular flexibility index (Phi) is 2.33. The number of ether oxygens (including phenoxy) is 1. The number of nitrogens with two attached hydrogens (primary N) is 1. The van der Waals surface area contributed by atoms with E-state index in [-0.39, 0.29) is 12.1 Å². The lowest BCUT2D eigenvalue weighted by atomic mass is 10.0. The van der Waals surface area contributed by atoms with Gasteiger partial charge in [-0.2, -0.15) is 5.10 Å². The average molecular weight is 195 g/mol. The molecule has 2 atom stereocenters. The van der Waals surface area contributed by atoms with Crippen molar-refractivity contribution in [3.05, 3.63) is 17.0 Å². The first-order valence-electron chi connectivity index (χ1n) is 4.98. The van der Waals surface area contributed by atoms with Gasteiger partial charge in [0.1, 0.15) is 6.10 Å². The molecular formula is C10H17N3O. The van der Waals surface area contributed by atoms with E-state index in [1.807, 2.05) is 18.7 Å². The van der Waals surface area contributed by atoms with Crippen LogP contribution in [0.25, 0.3) is 0 Å². The second-order valence-electron chi connectivity index (χ2n) is 3.95. The van der Waals surface area contributed by atoms with Crippen molar-refractivity contribution in [2.75, 3.05) is 6.61 Å². The molecule has 1 aromatic heterocycles. The highest BCUT2D eigenvalue weighted by molar-refractivity contribution is 5.28. The van der Waals surface area contributed by atoms with Gasteiger partial charge >= 0.3 is 0 Å². The van der Waals surface area contributed by atoms with Crippen LogP contribution in [0.5, 0.6) is 0 Å². The van der Waals surface area contributed by atoms with Crippen LogP contribution in [-0.4, -0.2) is 22.4 Å². The minimum Gasteiger partial charge on any atom is -0.372 e. The molecule has 4 nitrogen and oxygen atoms in total. The molecule has 2 N–H and O–H groups in total. The molecule has 0 saturated carbocycles. The third-order valence-electron chi connectivity index (χ3n) is 2.99. The van der Waals surface area contributed by atoms with Crippen LogP contribution in [0, 0.1) is 13.8 Å². The summed E-state index contributed by atoms with van der Waals surface area (Å²) >= 11 is 0. The van der Waals surface area contributed by atoms with Crippen molar-refractivity contribution in [1.82, 2.24) is 9.78 Å². The Labute approximate surface area is 84.0 Å². The van der Waals surface area contributed by atoms with Gasteiger partial charge in [-0.25, -0.2) is 0 Å². The predicted molar refractivity (Wildman–Crippen MR) is 54.0 cm³/mol. The van der Waals surface area contributed by atoms with Gasteiger partial charge < -0.3 is 10.5 Å². The Morgan fingerprint density at radius 3 is 2.64 bits per heavy atom. The summed E-state index contributed by atoms with van der Waals surface area (Å²) in [6, 6.07) is 0.122. The van der Waals surface area contributed by atoms with Gasteiger partial charge in [-0.05, 0) is 20.3 Å². The molecule has 2 unspecified atom stereocenters. The van der Waals surface area contributed by atoms with Crippen molar-refractivity contribution in [3.63, 3.8) is 0 Å². The Morgan fingerprint density at radius 1 is 1.50 bits per heavy atom. The highest BCUT2D eigenvalue weighted by Crippen LogP contribution is 2.31. The highest BCUT2D eigenvalue weighted by Gasteiger charge is 2.30. The molecule has 0 bridgehead atoms. The molecular weight excluding hydrogens is 178 g/mol. The van der Waals surface area contributed by atoms with Crippen LogP contribution in [0.4, 0.5) is 0 Å². The lowest BCUT2D eigenvalue weighted by Gasteiger charge is -2.15. The smallest absolute Gasteiger partial charge is 0.101 e. The molecule has 1 aliphatic rings. The highest BCUT2D eigenvalue weighted by atomic mass is 16.5. The molecule has 14 heavy (non-hydrogen) atoms. The van der Waals surface area contributed by atoms with E-state index in [9.17, 15) is 0 Å². The fourth-order valence-electron chi connectivity index (χ4n) is 2.11. The minimum atomic E-state index is 0.0451. The van der Waals surface area contributed by atoms with E-state index in [1.165, 1.54) is 5.56 Å². The molecule has 4 heteroatoms. The van der Waals surface area contributed by atoms with Crippen molar-refractivity contribution >= 4 is 0 Å². The molecule has 0 aromatic carbocycles. The SMILES string of the molecule is Cc1nn(C)c(C)c1C1OCCC1N. The van der Waals surface area contributed by atoms with Crippen molar-refractivity contribution in [3.8, 4) is 0 Å². The first-order chi connectivity index (χ1) is 6.61. The maximum absolute atomic E-state index is 6.00. The number of aryl methyl sites for hydroxylation is 2. The van der Waals surface area contributed by atoms with Crippen molar-refractivity contribution in [2.24, 2.45) is 12.8 Å². The molecule has 0 amide bonds. The number of hydrogen-bond donors (Lipinski definition) is 1. The first-order valence-corrected chi connectivity index (χ1v) is 4.98. The maximum Gasteiger partial charge on any atom is 0.101 e. The Hall–Kier alpha value is -0.870. The molecule has 1 aliphatic heterocycles. The van der Waals surface area contributed by atoms with Gasteiger partial charge in [-0.3, -0.25) is 4.68 Å². The lowest BCUT2D eigenvalue weighted by Crippen LogP contribution is -2.24. The molecule has 2 rings (SSSR count). The van der Waals surface area contributed by atoms with Gasteiger partial charge in [0.15, 0.2) is 0 Å². The molecule has 1 saturated heterocycles. The first kappa shape index (κ1) is 9.68. The molecule has 0 radical (unpaired) electrons. The second kappa shape index (κ2) is 3.37. The summed E-state index contributed by atoms with van der Waals surface area (Å²) < 4.78 is 7.54. The number of hydrogen-bond acceptors (Lipinski definition) is 3. The monoisotopic (exact) mass is 195 g/mol. The van der Waals surface area contributed by atoms with E-state index in [4.69, 9.17) is 10.5 Å². The van der Waals surface area contributed by atoms with E-state index in [0.717, 1.165) is 24.4 Å². The van der Waals surface area contributed by atoms with E-state index in [2.05, 4.69) is 12.0 Å². The van der Waals surface area contributed by atoms with E-state index in [0.29, 0.717) is 0 Å². The Bertz CT molecular complexity index is 345. The largest absolute Gasteiger partial charge is 0.372 e. The van der Waals surface area contributed by atoms with Gasteiger partial charge in [0.25, 0.3) is 0 Å². The zero-order valence-electron chi connectivity index (χ0n) is 8.95. The molecule has 0 aliphatic carbocycles. The van der Waals surface area contributed by atoms with Crippen LogP contribution in [0.15, 0.2) is 0 Å². The second-order valence-corrected chi connectivity index (χ2v) is 3.95. The van der Waals surface area contributed by atoms with Gasteiger partial charge in [0, 0.05) is 31.0 Å². The predicted octanol–water partition coefficient (Wildman–Crippen LogP) is 0.826. The Balaban J connectivity index is 2.39. The summed E-state index contributed by atoms with van der Waals surface area (Å²) in [4.78, 5) is 0. The summed E-state index contributed by atoms with van der Waals surface area (Å²) in [6.45, 7) is 4.83. The molecule has 78 valence electrons. The quantitative estimate of drug-likeness (QED) is 0.722. The number of aromatic nitrogens is 2. The van der Waals surface area contributed by atoms with Crippen molar-refractivity contribution in [2.45, 2.75) is 32.4 Å². The zero-order chi connectivity index (χ0) is 10.3. The fraction of sp³-hybridized carbons (Fsp3) is 0.700. The maximum atomic E-state index is 6.00. The fourth-order valence-corrected chi connectivity index (χ4v) is 2.11. The van der Waals surface area contributed by atoms with E-state index >= 15 is 0 Å². The number of nitrogens with zero attached hydrogens (tertiary/aromatic N) is 2. The van der Waals surface area contributed by atoms with Gasteiger partial charge in [-0.1, -0.05) is 0 Å². The average Bonchev–Trinajstić information content (AvgIpc) is 2.60. The van der Waals surface area contributed by atoms with Crippen LogP contribution < -0.4 is 5.73 Å². The third kappa shape index (κ3) is 1.35. The van der Waals surface area contributed by atoms with Crippen LogP contribution >= 0.6 is 0 Å². The molecule has 2 heterocycles. The van der Waals surface area contributed by atoms with Gasteiger partial charge in [-0.15, -0.1) is 0 Å². The minimum absolute atomic E-state index is 0.0451. The van der Waals surface area contributed by atoms with Crippen molar-refractivity contribution < 1.29 is 4.74 Å². The molecule has 1 aromatic rings. The van der Waals surface area contributed by atoms with Crippen LogP contribution in [0.3, 0.4) is 0 Å². The molecule has 0 spiro atoms. The van der Waals surface area contributed by atoms with Crippen LogP contribution in [0.2, 0.25) is 0 Å². The molecule has 1 fully saturated rings. The van der Waals surface area contributed by atoms with E-state index in [1.54, 1.807) is 0 Å². The third-order valence-corrected chi connectivity index (χ3v) is 2.99. The van der Waals surface area contributed by atoms with E-state index < -0.39 is 0 Å². The summed E-state index contributed by atoms with van der Waals surface area (Å²) in [5.41, 5.74) is 9.37. The summed E-state index contributed by atoms with van der Waals surface area (Å²) in [6.07, 6.45) is 0.988.